The van der Waals surface area contributed by atoms with Crippen LogP contribution in [-0.4, -0.2) is 21.4 Å². The Morgan fingerprint density at radius 1 is 1.39 bits per heavy atom. The van der Waals surface area contributed by atoms with Crippen molar-refractivity contribution in [1.29, 1.82) is 0 Å². The Hall–Kier alpha value is -2.54. The number of hydrogen-bond acceptors (Lipinski definition) is 4. The van der Waals surface area contributed by atoms with Gasteiger partial charge in [0.25, 0.3) is 5.70 Å². The summed E-state index contributed by atoms with van der Waals surface area (Å²) < 4.78 is 28.8. The zero-order valence-corrected chi connectivity index (χ0v) is 12.4. The van der Waals surface area contributed by atoms with Crippen LogP contribution >= 0.6 is 11.6 Å². The first-order valence-corrected chi connectivity index (χ1v) is 7.02. The van der Waals surface area contributed by atoms with Gasteiger partial charge < -0.3 is 4.90 Å². The maximum absolute atomic E-state index is 14.6. The standard InChI is InChI=1S/C15H10ClF2N3O2/c16-14-4-3-9(21(22)23)7-20(14)8-11-12(17)6-13-10(15(11)18)2-1-5-19-13/h1-6H,7-8H2. The Bertz CT molecular complexity index is 867. The molecule has 23 heavy (non-hydrogen) atoms. The maximum Gasteiger partial charge on any atom is 0.265 e. The Morgan fingerprint density at radius 2 is 2.17 bits per heavy atom. The summed E-state index contributed by atoms with van der Waals surface area (Å²) in [6.45, 7) is -0.352. The fourth-order valence-corrected chi connectivity index (χ4v) is 2.56. The fraction of sp³-hybridized carbons (Fsp3) is 0.133. The normalized spacial score (nSPS) is 14.7. The number of fused-ring (bicyclic) bond motifs is 1. The zero-order valence-electron chi connectivity index (χ0n) is 11.7. The molecule has 0 saturated heterocycles. The molecule has 0 radical (unpaired) electrons. The molecule has 1 aromatic heterocycles. The first-order chi connectivity index (χ1) is 11.0. The Kier molecular flexibility index (Phi) is 3.96. The van der Waals surface area contributed by atoms with E-state index in [1.807, 2.05) is 0 Å². The summed E-state index contributed by atoms with van der Waals surface area (Å²) in [5.41, 5.74) is -0.100. The number of rotatable bonds is 3. The molecule has 5 nitrogen and oxygen atoms in total. The number of halogens is 3. The number of aromatic nitrogens is 1. The van der Waals surface area contributed by atoms with E-state index < -0.39 is 16.6 Å². The van der Waals surface area contributed by atoms with Crippen molar-refractivity contribution in [2.75, 3.05) is 6.54 Å². The van der Waals surface area contributed by atoms with Crippen LogP contribution in [0.5, 0.6) is 0 Å². The second kappa shape index (κ2) is 5.92. The molecule has 0 spiro atoms. The highest BCUT2D eigenvalue weighted by molar-refractivity contribution is 6.29. The fourth-order valence-electron chi connectivity index (χ4n) is 2.37. The molecule has 0 fully saturated rings. The van der Waals surface area contributed by atoms with Crippen molar-refractivity contribution in [3.63, 3.8) is 0 Å². The third-order valence-corrected chi connectivity index (χ3v) is 3.91. The van der Waals surface area contributed by atoms with E-state index in [9.17, 15) is 18.9 Å². The van der Waals surface area contributed by atoms with E-state index in [1.54, 1.807) is 6.07 Å². The third kappa shape index (κ3) is 2.87. The highest BCUT2D eigenvalue weighted by atomic mass is 35.5. The first-order valence-electron chi connectivity index (χ1n) is 6.64. The van der Waals surface area contributed by atoms with Crippen LogP contribution in [0.1, 0.15) is 5.56 Å². The smallest absolute Gasteiger partial charge is 0.265 e. The second-order valence-corrected chi connectivity index (χ2v) is 5.37. The number of nitrogens with zero attached hydrogens (tertiary/aromatic N) is 3. The van der Waals surface area contributed by atoms with E-state index >= 15 is 0 Å². The number of benzene rings is 1. The molecule has 0 bridgehead atoms. The average Bonchev–Trinajstić information content (AvgIpc) is 2.52. The van der Waals surface area contributed by atoms with Gasteiger partial charge in [0.05, 0.1) is 17.0 Å². The van der Waals surface area contributed by atoms with E-state index in [1.165, 1.54) is 29.3 Å². The lowest BCUT2D eigenvalue weighted by Gasteiger charge is -2.25. The van der Waals surface area contributed by atoms with Crippen LogP contribution in [0.3, 0.4) is 0 Å². The molecular formula is C15H10ClF2N3O2. The molecule has 0 atom stereocenters. The summed E-state index contributed by atoms with van der Waals surface area (Å²) >= 11 is 5.99. The SMILES string of the molecule is O=[N+]([O-])C1=CC=C(Cl)N(Cc2c(F)cc3ncccc3c2F)C1. The van der Waals surface area contributed by atoms with Gasteiger partial charge in [0.2, 0.25) is 0 Å². The maximum atomic E-state index is 14.6. The first kappa shape index (κ1) is 15.4. The second-order valence-electron chi connectivity index (χ2n) is 4.98. The van der Waals surface area contributed by atoms with Crippen LogP contribution in [-0.2, 0) is 6.54 Å². The summed E-state index contributed by atoms with van der Waals surface area (Å²) in [6, 6.07) is 4.19. The minimum absolute atomic E-state index is 0.0994. The predicted octanol–water partition coefficient (Wildman–Crippen LogP) is 3.57. The van der Waals surface area contributed by atoms with Crippen molar-refractivity contribution < 1.29 is 13.7 Å². The van der Waals surface area contributed by atoms with E-state index in [0.29, 0.717) is 0 Å². The lowest BCUT2D eigenvalue weighted by atomic mass is 10.1. The lowest BCUT2D eigenvalue weighted by Crippen LogP contribution is -2.28. The molecule has 1 aliphatic rings. The van der Waals surface area contributed by atoms with Crippen LogP contribution in [0.2, 0.25) is 0 Å². The molecule has 0 N–H and O–H groups in total. The van der Waals surface area contributed by atoms with Gasteiger partial charge in [-0.05, 0) is 18.2 Å². The van der Waals surface area contributed by atoms with Crippen molar-refractivity contribution in [3.05, 3.63) is 74.7 Å². The van der Waals surface area contributed by atoms with Gasteiger partial charge in [-0.3, -0.25) is 15.1 Å². The topological polar surface area (TPSA) is 59.3 Å². The molecule has 0 aliphatic carbocycles. The van der Waals surface area contributed by atoms with Gasteiger partial charge in [-0.25, -0.2) is 8.78 Å². The van der Waals surface area contributed by atoms with Gasteiger partial charge in [-0.1, -0.05) is 11.6 Å². The van der Waals surface area contributed by atoms with Gasteiger partial charge in [0.15, 0.2) is 0 Å². The molecule has 2 aromatic rings. The van der Waals surface area contributed by atoms with Gasteiger partial charge in [-0.2, -0.15) is 0 Å². The van der Waals surface area contributed by atoms with Crippen molar-refractivity contribution >= 4 is 22.5 Å². The summed E-state index contributed by atoms with van der Waals surface area (Å²) in [5.74, 6) is -1.51. The molecule has 118 valence electrons. The molecule has 1 aliphatic heterocycles. The summed E-state index contributed by atoms with van der Waals surface area (Å²) in [6.07, 6.45) is 4.05. The number of nitro groups is 1. The Balaban J connectivity index is 1.98. The van der Waals surface area contributed by atoms with Crippen LogP contribution in [0.15, 0.2) is 47.4 Å². The van der Waals surface area contributed by atoms with E-state index in [4.69, 9.17) is 11.6 Å². The monoisotopic (exact) mass is 337 g/mol. The predicted molar refractivity (Wildman–Crippen MR) is 81.1 cm³/mol. The van der Waals surface area contributed by atoms with Crippen LogP contribution in [0.4, 0.5) is 8.78 Å². The molecule has 3 rings (SSSR count). The van der Waals surface area contributed by atoms with E-state index in [2.05, 4.69) is 4.98 Å². The molecular weight excluding hydrogens is 328 g/mol. The molecule has 1 aromatic carbocycles. The van der Waals surface area contributed by atoms with Crippen molar-refractivity contribution in [2.45, 2.75) is 6.54 Å². The molecule has 0 unspecified atom stereocenters. The van der Waals surface area contributed by atoms with E-state index in [0.717, 1.165) is 6.07 Å². The van der Waals surface area contributed by atoms with Crippen molar-refractivity contribution in [1.82, 2.24) is 9.88 Å². The lowest BCUT2D eigenvalue weighted by molar-refractivity contribution is -0.428. The summed E-state index contributed by atoms with van der Waals surface area (Å²) in [4.78, 5) is 15.5. The number of pyridine rings is 1. The van der Waals surface area contributed by atoms with Gasteiger partial charge >= 0.3 is 0 Å². The molecule has 2 heterocycles. The highest BCUT2D eigenvalue weighted by Crippen LogP contribution is 2.27. The number of allylic oxidation sites excluding steroid dienone is 2. The van der Waals surface area contributed by atoms with Crippen molar-refractivity contribution in [3.8, 4) is 0 Å². The van der Waals surface area contributed by atoms with Crippen LogP contribution < -0.4 is 0 Å². The third-order valence-electron chi connectivity index (χ3n) is 3.54. The quantitative estimate of drug-likeness (QED) is 0.488. The number of hydrogen-bond donors (Lipinski definition) is 0. The van der Waals surface area contributed by atoms with E-state index in [-0.39, 0.29) is 40.4 Å². The Morgan fingerprint density at radius 3 is 2.91 bits per heavy atom. The minimum Gasteiger partial charge on any atom is -0.347 e. The van der Waals surface area contributed by atoms with Gasteiger partial charge in [0.1, 0.15) is 23.3 Å². The van der Waals surface area contributed by atoms with Gasteiger partial charge in [-0.15, -0.1) is 0 Å². The summed E-state index contributed by atoms with van der Waals surface area (Å²) in [5, 5.41) is 11.2. The minimum atomic E-state index is -0.768. The molecule has 0 amide bonds. The highest BCUT2D eigenvalue weighted by Gasteiger charge is 2.24. The van der Waals surface area contributed by atoms with Crippen molar-refractivity contribution in [2.24, 2.45) is 0 Å². The van der Waals surface area contributed by atoms with Crippen LogP contribution in [0.25, 0.3) is 10.9 Å². The molecule has 0 saturated carbocycles. The van der Waals surface area contributed by atoms with Gasteiger partial charge in [0, 0.05) is 29.3 Å². The summed E-state index contributed by atoms with van der Waals surface area (Å²) in [7, 11) is 0. The van der Waals surface area contributed by atoms with Crippen LogP contribution in [0, 0.1) is 21.7 Å². The zero-order chi connectivity index (χ0) is 16.6. The Labute approximate surface area is 134 Å². The molecule has 8 heteroatoms. The average molecular weight is 338 g/mol. The largest absolute Gasteiger partial charge is 0.347 e.